The van der Waals surface area contributed by atoms with Gasteiger partial charge in [-0.05, 0) is 73.0 Å². The zero-order chi connectivity index (χ0) is 37.2. The van der Waals surface area contributed by atoms with Crippen LogP contribution in [0.25, 0.3) is 17.3 Å². The number of nitrogens with zero attached hydrogens (tertiary/aromatic N) is 4. The smallest absolute Gasteiger partial charge is 0.365 e. The highest BCUT2D eigenvalue weighted by Gasteiger charge is 2.35. The minimum Gasteiger partial charge on any atom is -0.365 e. The lowest BCUT2D eigenvalue weighted by Crippen LogP contribution is -2.55. The Bertz CT molecular complexity index is 1920. The van der Waals surface area contributed by atoms with Crippen molar-refractivity contribution >= 4 is 17.9 Å². The van der Waals surface area contributed by atoms with Crippen LogP contribution in [0.4, 0.5) is 13.2 Å². The van der Waals surface area contributed by atoms with E-state index < -0.39 is 23.7 Å². The number of allylic oxidation sites excluding steroid dienone is 2. The number of piperazine rings is 1. The average Bonchev–Trinajstić information content (AvgIpc) is 3.39. The molecule has 0 saturated carbocycles. The minimum atomic E-state index is -4.46. The highest BCUT2D eigenvalue weighted by Crippen LogP contribution is 2.30. The summed E-state index contributed by atoms with van der Waals surface area (Å²) in [4.78, 5) is 39.3. The molecule has 1 fully saturated rings. The van der Waals surface area contributed by atoms with E-state index >= 15 is 0 Å². The third kappa shape index (κ3) is 10.1. The Kier molecular flexibility index (Phi) is 12.2. The molecule has 1 N–H and O–H groups in total. The van der Waals surface area contributed by atoms with Crippen LogP contribution >= 0.6 is 0 Å². The molecular weight excluding hydrogens is 676 g/mol. The number of benzene rings is 3. The first-order chi connectivity index (χ1) is 25.6. The zero-order valence-corrected chi connectivity index (χ0v) is 29.8. The molecule has 10 heteroatoms. The molecule has 1 aromatic heterocycles. The van der Waals surface area contributed by atoms with Crippen molar-refractivity contribution in [3.05, 3.63) is 155 Å². The molecule has 1 saturated heterocycles. The first-order valence-electron chi connectivity index (χ1n) is 18.0. The van der Waals surface area contributed by atoms with Crippen LogP contribution in [0.3, 0.4) is 0 Å². The van der Waals surface area contributed by atoms with Gasteiger partial charge in [0.25, 0.3) is 0 Å². The lowest BCUT2D eigenvalue weighted by atomic mass is 10.0. The van der Waals surface area contributed by atoms with Gasteiger partial charge in [0.05, 0.1) is 11.3 Å². The fraction of sp³-hybridized carbons (Fsp3) is 0.279. The second-order valence-electron chi connectivity index (χ2n) is 13.5. The largest absolute Gasteiger partial charge is 0.416 e. The minimum absolute atomic E-state index is 0.138. The standard InChI is InChI=1S/C43H44F3N5O2/c1-32-9-5-7-24-48-39(32)29-40(42(53)50-27-25-49(26-28-50)30-34-10-3-2-4-11-34)51(31-35-13-18-36(19-14-35)38-12-6-8-23-47-38)41(52)22-17-33-15-20-37(21-16-33)43(44,45)46/h2-4,6-8,10-24,40,48H,5,9,25-31H2,1H3/b22-17+/t40-/m0/s1. The number of halogens is 3. The predicted molar refractivity (Wildman–Crippen MR) is 202 cm³/mol. The Balaban J connectivity index is 1.30. The van der Waals surface area contributed by atoms with E-state index in [1.165, 1.54) is 29.8 Å². The Morgan fingerprint density at radius 3 is 2.28 bits per heavy atom. The van der Waals surface area contributed by atoms with Crippen LogP contribution in [0.5, 0.6) is 0 Å². The molecule has 0 spiro atoms. The summed E-state index contributed by atoms with van der Waals surface area (Å²) < 4.78 is 39.7. The molecule has 0 aliphatic carbocycles. The van der Waals surface area contributed by atoms with Gasteiger partial charge in [-0.1, -0.05) is 84.4 Å². The molecule has 274 valence electrons. The molecule has 2 aliphatic heterocycles. The van der Waals surface area contributed by atoms with Gasteiger partial charge in [0, 0.05) is 69.2 Å². The van der Waals surface area contributed by atoms with Gasteiger partial charge < -0.3 is 15.1 Å². The van der Waals surface area contributed by atoms with E-state index in [4.69, 9.17) is 0 Å². The maximum absolute atomic E-state index is 14.7. The van der Waals surface area contributed by atoms with E-state index in [1.807, 2.05) is 78.7 Å². The van der Waals surface area contributed by atoms with E-state index in [1.54, 1.807) is 11.1 Å². The Morgan fingerprint density at radius 2 is 1.60 bits per heavy atom. The molecule has 3 heterocycles. The second-order valence-corrected chi connectivity index (χ2v) is 13.5. The molecule has 1 atom stereocenters. The van der Waals surface area contributed by atoms with Gasteiger partial charge in [0.2, 0.25) is 11.8 Å². The SMILES string of the molecule is CC1=C(C[C@@H](C(=O)N2CCN(Cc3ccccc3)CC2)N(Cc2ccc(-c3ccccn3)cc2)C(=O)/C=C/c2ccc(C(F)(F)F)cc2)NC=CCC1. The number of amides is 2. The summed E-state index contributed by atoms with van der Waals surface area (Å²) in [7, 11) is 0. The number of nitrogens with one attached hydrogen (secondary N) is 1. The number of carbonyl (C=O) groups excluding carboxylic acids is 2. The molecule has 0 unspecified atom stereocenters. The fourth-order valence-electron chi connectivity index (χ4n) is 6.65. The van der Waals surface area contributed by atoms with Gasteiger partial charge >= 0.3 is 6.18 Å². The van der Waals surface area contributed by atoms with Crippen molar-refractivity contribution in [2.75, 3.05) is 26.2 Å². The number of carbonyl (C=O) groups is 2. The van der Waals surface area contributed by atoms with E-state index in [2.05, 4.69) is 33.4 Å². The van der Waals surface area contributed by atoms with Crippen molar-refractivity contribution in [2.45, 2.75) is 51.5 Å². The number of rotatable bonds is 11. The van der Waals surface area contributed by atoms with Crippen molar-refractivity contribution in [3.63, 3.8) is 0 Å². The third-order valence-electron chi connectivity index (χ3n) is 9.78. The molecule has 6 rings (SSSR count). The van der Waals surface area contributed by atoms with Gasteiger partial charge in [-0.2, -0.15) is 13.2 Å². The molecule has 53 heavy (non-hydrogen) atoms. The van der Waals surface area contributed by atoms with Crippen molar-refractivity contribution in [3.8, 4) is 11.3 Å². The van der Waals surface area contributed by atoms with Gasteiger partial charge in [0.1, 0.15) is 6.04 Å². The monoisotopic (exact) mass is 719 g/mol. The average molecular weight is 720 g/mol. The van der Waals surface area contributed by atoms with Crippen molar-refractivity contribution in [1.82, 2.24) is 25.0 Å². The zero-order valence-electron chi connectivity index (χ0n) is 29.8. The van der Waals surface area contributed by atoms with Crippen molar-refractivity contribution < 1.29 is 22.8 Å². The van der Waals surface area contributed by atoms with Gasteiger partial charge in [-0.25, -0.2) is 0 Å². The lowest BCUT2D eigenvalue weighted by molar-refractivity contribution is -0.145. The van der Waals surface area contributed by atoms with Crippen LogP contribution in [-0.2, 0) is 28.9 Å². The normalized spacial score (nSPS) is 16.0. The van der Waals surface area contributed by atoms with Crippen LogP contribution in [0.15, 0.2) is 133 Å². The summed E-state index contributed by atoms with van der Waals surface area (Å²) in [5, 5.41) is 3.38. The maximum atomic E-state index is 14.7. The Morgan fingerprint density at radius 1 is 0.887 bits per heavy atom. The molecule has 2 amide bonds. The quantitative estimate of drug-likeness (QED) is 0.159. The molecule has 0 bridgehead atoms. The van der Waals surface area contributed by atoms with E-state index in [0.717, 1.165) is 59.6 Å². The number of pyridine rings is 1. The number of hydrogen-bond acceptors (Lipinski definition) is 5. The number of hydrogen-bond donors (Lipinski definition) is 1. The number of aromatic nitrogens is 1. The maximum Gasteiger partial charge on any atom is 0.416 e. The topological polar surface area (TPSA) is 68.8 Å². The predicted octanol–water partition coefficient (Wildman–Crippen LogP) is 8.08. The molecular formula is C43H44F3N5O2. The molecule has 7 nitrogen and oxygen atoms in total. The summed E-state index contributed by atoms with van der Waals surface area (Å²) in [5.41, 5.74) is 5.48. The molecule has 0 radical (unpaired) electrons. The summed E-state index contributed by atoms with van der Waals surface area (Å²) in [6.07, 6.45) is 6.05. The van der Waals surface area contributed by atoms with Crippen LogP contribution in [0.2, 0.25) is 0 Å². The number of alkyl halides is 3. The van der Waals surface area contributed by atoms with E-state index in [0.29, 0.717) is 31.7 Å². The summed E-state index contributed by atoms with van der Waals surface area (Å²) in [5.74, 6) is -0.553. The Hall–Kier alpha value is -5.48. The van der Waals surface area contributed by atoms with Crippen LogP contribution < -0.4 is 5.32 Å². The van der Waals surface area contributed by atoms with Crippen LogP contribution in [0.1, 0.15) is 48.4 Å². The Labute approximate surface area is 309 Å². The molecule has 2 aliphatic rings. The third-order valence-corrected chi connectivity index (χ3v) is 9.78. The lowest BCUT2D eigenvalue weighted by Gasteiger charge is -2.39. The fourth-order valence-corrected chi connectivity index (χ4v) is 6.65. The summed E-state index contributed by atoms with van der Waals surface area (Å²) in [6, 6.07) is 27.5. The van der Waals surface area contributed by atoms with Gasteiger partial charge in [0.15, 0.2) is 0 Å². The molecule has 4 aromatic rings. The van der Waals surface area contributed by atoms with Crippen LogP contribution in [0, 0.1) is 0 Å². The molecule has 3 aromatic carbocycles. The highest BCUT2D eigenvalue weighted by molar-refractivity contribution is 5.96. The van der Waals surface area contributed by atoms with Crippen molar-refractivity contribution in [1.29, 1.82) is 0 Å². The van der Waals surface area contributed by atoms with Gasteiger partial charge in [-0.15, -0.1) is 0 Å². The van der Waals surface area contributed by atoms with Gasteiger partial charge in [-0.3, -0.25) is 19.5 Å². The van der Waals surface area contributed by atoms with E-state index in [9.17, 15) is 22.8 Å². The highest BCUT2D eigenvalue weighted by atomic mass is 19.4. The van der Waals surface area contributed by atoms with Crippen molar-refractivity contribution in [2.24, 2.45) is 0 Å². The summed E-state index contributed by atoms with van der Waals surface area (Å²) >= 11 is 0. The first kappa shape index (κ1) is 37.3. The van der Waals surface area contributed by atoms with E-state index in [-0.39, 0.29) is 18.9 Å². The first-order valence-corrected chi connectivity index (χ1v) is 18.0. The second kappa shape index (κ2) is 17.4. The summed E-state index contributed by atoms with van der Waals surface area (Å²) in [6.45, 7) is 5.44. The van der Waals surface area contributed by atoms with Crippen LogP contribution in [-0.4, -0.2) is 63.7 Å².